The minimum Gasteiger partial charge on any atom is -0.495 e. The van der Waals surface area contributed by atoms with E-state index >= 15 is 0 Å². The topological polar surface area (TPSA) is 76.9 Å². The monoisotopic (exact) mass is 228 g/mol. The number of para-hydroxylation sites is 1. The van der Waals surface area contributed by atoms with Crippen LogP contribution in [0.15, 0.2) is 30.7 Å². The van der Waals surface area contributed by atoms with Gasteiger partial charge in [0.05, 0.1) is 24.7 Å². The molecule has 0 unspecified atom stereocenters. The van der Waals surface area contributed by atoms with Gasteiger partial charge in [-0.05, 0) is 12.1 Å². The van der Waals surface area contributed by atoms with Gasteiger partial charge in [-0.15, -0.1) is 0 Å². The van der Waals surface area contributed by atoms with E-state index in [1.165, 1.54) is 0 Å². The molecule has 0 amide bonds. The SMILES string of the molecule is COc1cccc(C#N)c1-n1cncc1CN. The maximum atomic E-state index is 9.13. The molecule has 0 aliphatic carbocycles. The van der Waals surface area contributed by atoms with Crippen molar-refractivity contribution in [3.05, 3.63) is 42.0 Å². The second-order valence-corrected chi connectivity index (χ2v) is 3.43. The number of nitrogens with two attached hydrogens (primary N) is 1. The molecular formula is C12H12N4O. The van der Waals surface area contributed by atoms with Crippen molar-refractivity contribution in [3.8, 4) is 17.5 Å². The standard InChI is InChI=1S/C12H12N4O/c1-17-11-4-2-3-9(5-13)12(11)16-8-15-7-10(16)6-14/h2-4,7-8H,6,14H2,1H3. The fourth-order valence-corrected chi connectivity index (χ4v) is 1.70. The van der Waals surface area contributed by atoms with Crippen molar-refractivity contribution >= 4 is 0 Å². The molecule has 17 heavy (non-hydrogen) atoms. The third kappa shape index (κ3) is 1.86. The average Bonchev–Trinajstić information content (AvgIpc) is 2.85. The molecule has 1 heterocycles. The Morgan fingerprint density at radius 2 is 2.35 bits per heavy atom. The Bertz CT molecular complexity index is 568. The number of rotatable bonds is 3. The van der Waals surface area contributed by atoms with Crippen LogP contribution in [0.25, 0.3) is 5.69 Å². The van der Waals surface area contributed by atoms with E-state index in [0.717, 1.165) is 5.69 Å². The molecule has 5 heteroatoms. The first-order valence-corrected chi connectivity index (χ1v) is 5.10. The quantitative estimate of drug-likeness (QED) is 0.856. The summed E-state index contributed by atoms with van der Waals surface area (Å²) in [4.78, 5) is 4.04. The largest absolute Gasteiger partial charge is 0.495 e. The molecule has 0 aliphatic heterocycles. The van der Waals surface area contributed by atoms with Crippen LogP contribution in [0.4, 0.5) is 0 Å². The molecule has 0 bridgehead atoms. The predicted octanol–water partition coefficient (Wildman–Crippen LogP) is 1.21. The first kappa shape index (κ1) is 11.2. The number of ether oxygens (including phenoxy) is 1. The highest BCUT2D eigenvalue weighted by molar-refractivity contribution is 5.58. The number of aromatic nitrogens is 2. The van der Waals surface area contributed by atoms with Gasteiger partial charge in [0, 0.05) is 12.7 Å². The molecule has 0 saturated heterocycles. The van der Waals surface area contributed by atoms with Crippen molar-refractivity contribution in [2.24, 2.45) is 5.73 Å². The third-order valence-electron chi connectivity index (χ3n) is 2.50. The fraction of sp³-hybridized carbons (Fsp3) is 0.167. The Hall–Kier alpha value is -2.32. The lowest BCUT2D eigenvalue weighted by molar-refractivity contribution is 0.412. The van der Waals surface area contributed by atoms with Crippen molar-refractivity contribution in [2.75, 3.05) is 7.11 Å². The summed E-state index contributed by atoms with van der Waals surface area (Å²) in [6.45, 7) is 0.350. The van der Waals surface area contributed by atoms with Crippen LogP contribution in [0.3, 0.4) is 0 Å². The van der Waals surface area contributed by atoms with Gasteiger partial charge in [-0.25, -0.2) is 4.98 Å². The maximum absolute atomic E-state index is 9.13. The molecule has 0 aliphatic rings. The van der Waals surface area contributed by atoms with Crippen LogP contribution in [-0.4, -0.2) is 16.7 Å². The van der Waals surface area contributed by atoms with Crippen LogP contribution in [-0.2, 0) is 6.54 Å². The van der Waals surface area contributed by atoms with Crippen LogP contribution in [0, 0.1) is 11.3 Å². The molecule has 5 nitrogen and oxygen atoms in total. The van der Waals surface area contributed by atoms with Gasteiger partial charge in [0.25, 0.3) is 0 Å². The molecular weight excluding hydrogens is 216 g/mol. The van der Waals surface area contributed by atoms with Gasteiger partial charge in [-0.2, -0.15) is 5.26 Å². The lowest BCUT2D eigenvalue weighted by Crippen LogP contribution is -2.07. The normalized spacial score (nSPS) is 9.94. The van der Waals surface area contributed by atoms with E-state index in [9.17, 15) is 0 Å². The molecule has 0 fully saturated rings. The average molecular weight is 228 g/mol. The summed E-state index contributed by atoms with van der Waals surface area (Å²) < 4.78 is 7.05. The Morgan fingerprint density at radius 3 is 3.00 bits per heavy atom. The summed E-state index contributed by atoms with van der Waals surface area (Å²) in [5.41, 5.74) is 7.66. The van der Waals surface area contributed by atoms with Crippen LogP contribution in [0.5, 0.6) is 5.75 Å². The van der Waals surface area contributed by atoms with Gasteiger partial charge in [0.2, 0.25) is 0 Å². The molecule has 0 atom stereocenters. The highest BCUT2D eigenvalue weighted by Gasteiger charge is 2.13. The molecule has 0 saturated carbocycles. The fourth-order valence-electron chi connectivity index (χ4n) is 1.70. The van der Waals surface area contributed by atoms with Crippen molar-refractivity contribution in [1.82, 2.24) is 9.55 Å². The second kappa shape index (κ2) is 4.68. The van der Waals surface area contributed by atoms with Crippen molar-refractivity contribution < 1.29 is 4.74 Å². The van der Waals surface area contributed by atoms with Gasteiger partial charge < -0.3 is 10.5 Å². The van der Waals surface area contributed by atoms with E-state index < -0.39 is 0 Å². The first-order chi connectivity index (χ1) is 8.31. The van der Waals surface area contributed by atoms with Crippen LogP contribution >= 0.6 is 0 Å². The molecule has 2 N–H and O–H groups in total. The van der Waals surface area contributed by atoms with Crippen LogP contribution in [0.2, 0.25) is 0 Å². The second-order valence-electron chi connectivity index (χ2n) is 3.43. The lowest BCUT2D eigenvalue weighted by Gasteiger charge is -2.12. The predicted molar refractivity (Wildman–Crippen MR) is 62.7 cm³/mol. The zero-order valence-electron chi connectivity index (χ0n) is 9.42. The molecule has 1 aromatic carbocycles. The highest BCUT2D eigenvalue weighted by Crippen LogP contribution is 2.27. The zero-order valence-corrected chi connectivity index (χ0v) is 9.42. The minimum absolute atomic E-state index is 0.350. The summed E-state index contributed by atoms with van der Waals surface area (Å²) in [5, 5.41) is 9.13. The van der Waals surface area contributed by atoms with Gasteiger partial charge in [-0.3, -0.25) is 4.57 Å². The summed E-state index contributed by atoms with van der Waals surface area (Å²) in [6.07, 6.45) is 3.30. The highest BCUT2D eigenvalue weighted by atomic mass is 16.5. The number of nitriles is 1. The van der Waals surface area contributed by atoms with E-state index in [1.54, 1.807) is 42.4 Å². The van der Waals surface area contributed by atoms with Gasteiger partial charge in [0.1, 0.15) is 17.5 Å². The molecule has 0 spiro atoms. The lowest BCUT2D eigenvalue weighted by atomic mass is 10.1. The van der Waals surface area contributed by atoms with E-state index in [2.05, 4.69) is 11.1 Å². The summed E-state index contributed by atoms with van der Waals surface area (Å²) in [6, 6.07) is 7.45. The number of hydrogen-bond acceptors (Lipinski definition) is 4. The van der Waals surface area contributed by atoms with E-state index in [0.29, 0.717) is 23.5 Å². The number of nitrogens with zero attached hydrogens (tertiary/aromatic N) is 3. The summed E-state index contributed by atoms with van der Waals surface area (Å²) >= 11 is 0. The molecule has 86 valence electrons. The number of benzene rings is 1. The molecule has 0 radical (unpaired) electrons. The summed E-state index contributed by atoms with van der Waals surface area (Å²) in [5.74, 6) is 0.622. The molecule has 1 aromatic heterocycles. The van der Waals surface area contributed by atoms with E-state index in [-0.39, 0.29) is 0 Å². The van der Waals surface area contributed by atoms with Gasteiger partial charge in [-0.1, -0.05) is 6.07 Å². The van der Waals surface area contributed by atoms with Gasteiger partial charge in [0.15, 0.2) is 0 Å². The number of hydrogen-bond donors (Lipinski definition) is 1. The Kier molecular flexibility index (Phi) is 3.08. The van der Waals surface area contributed by atoms with Crippen LogP contribution < -0.4 is 10.5 Å². The number of methoxy groups -OCH3 is 1. The molecule has 2 rings (SSSR count). The summed E-state index contributed by atoms with van der Waals surface area (Å²) in [7, 11) is 1.57. The Morgan fingerprint density at radius 1 is 1.53 bits per heavy atom. The number of imidazole rings is 1. The Labute approximate surface area is 99.1 Å². The third-order valence-corrected chi connectivity index (χ3v) is 2.50. The zero-order chi connectivity index (χ0) is 12.3. The first-order valence-electron chi connectivity index (χ1n) is 5.10. The van der Waals surface area contributed by atoms with Gasteiger partial charge >= 0.3 is 0 Å². The maximum Gasteiger partial charge on any atom is 0.144 e. The van der Waals surface area contributed by atoms with Crippen LogP contribution in [0.1, 0.15) is 11.3 Å². The smallest absolute Gasteiger partial charge is 0.144 e. The van der Waals surface area contributed by atoms with Crippen molar-refractivity contribution in [1.29, 1.82) is 5.26 Å². The Balaban J connectivity index is 2.69. The minimum atomic E-state index is 0.350. The van der Waals surface area contributed by atoms with E-state index in [1.807, 2.05) is 0 Å². The van der Waals surface area contributed by atoms with Crippen molar-refractivity contribution in [3.63, 3.8) is 0 Å². The van der Waals surface area contributed by atoms with E-state index in [4.69, 9.17) is 15.7 Å². The molecule has 2 aromatic rings. The van der Waals surface area contributed by atoms with Crippen molar-refractivity contribution in [2.45, 2.75) is 6.54 Å².